The van der Waals surface area contributed by atoms with Crippen molar-refractivity contribution >= 4 is 15.9 Å². The van der Waals surface area contributed by atoms with Crippen LogP contribution in [0.15, 0.2) is 28.7 Å². The van der Waals surface area contributed by atoms with Crippen molar-refractivity contribution in [3.8, 4) is 0 Å². The molecule has 15 heavy (non-hydrogen) atoms. The normalized spacial score (nSPS) is 13.1. The van der Waals surface area contributed by atoms with Gasteiger partial charge in [0.15, 0.2) is 0 Å². The van der Waals surface area contributed by atoms with Gasteiger partial charge in [0.2, 0.25) is 0 Å². The van der Waals surface area contributed by atoms with Crippen molar-refractivity contribution in [2.75, 3.05) is 19.6 Å². The van der Waals surface area contributed by atoms with E-state index in [1.54, 1.807) is 0 Å². The first-order valence-electron chi connectivity index (χ1n) is 5.39. The highest BCUT2D eigenvalue weighted by atomic mass is 79.9. The highest BCUT2D eigenvalue weighted by molar-refractivity contribution is 9.10. The third-order valence-electron chi connectivity index (χ3n) is 2.73. The molecule has 2 N–H and O–H groups in total. The molecule has 0 aliphatic heterocycles. The average molecular weight is 271 g/mol. The van der Waals surface area contributed by atoms with E-state index < -0.39 is 0 Å². The first-order chi connectivity index (χ1) is 7.20. The summed E-state index contributed by atoms with van der Waals surface area (Å²) in [6, 6.07) is 8.77. The van der Waals surface area contributed by atoms with Crippen LogP contribution < -0.4 is 5.73 Å². The fourth-order valence-corrected chi connectivity index (χ4v) is 2.42. The van der Waals surface area contributed by atoms with Gasteiger partial charge in [0.25, 0.3) is 0 Å². The molecule has 0 heterocycles. The number of nitrogens with two attached hydrogens (primary N) is 1. The molecule has 1 aromatic carbocycles. The molecule has 0 aliphatic carbocycles. The average Bonchev–Trinajstić information content (AvgIpc) is 2.25. The van der Waals surface area contributed by atoms with Gasteiger partial charge >= 0.3 is 0 Å². The molecule has 0 radical (unpaired) electrons. The molecule has 2 nitrogen and oxygen atoms in total. The number of rotatable bonds is 5. The van der Waals surface area contributed by atoms with Gasteiger partial charge in [-0.1, -0.05) is 41.1 Å². The van der Waals surface area contributed by atoms with Crippen LogP contribution in [0.3, 0.4) is 0 Å². The van der Waals surface area contributed by atoms with E-state index in [0.29, 0.717) is 12.6 Å². The van der Waals surface area contributed by atoms with Crippen LogP contribution in [0.4, 0.5) is 0 Å². The van der Waals surface area contributed by atoms with E-state index >= 15 is 0 Å². The second-order valence-electron chi connectivity index (χ2n) is 3.61. The topological polar surface area (TPSA) is 29.3 Å². The number of halogens is 1. The summed E-state index contributed by atoms with van der Waals surface area (Å²) >= 11 is 3.59. The van der Waals surface area contributed by atoms with E-state index in [9.17, 15) is 0 Å². The quantitative estimate of drug-likeness (QED) is 0.892. The number of nitrogens with zero attached hydrogens (tertiary/aromatic N) is 1. The lowest BCUT2D eigenvalue weighted by atomic mass is 10.1. The Hall–Kier alpha value is -0.380. The zero-order valence-corrected chi connectivity index (χ0v) is 11.0. The summed E-state index contributed by atoms with van der Waals surface area (Å²) in [4.78, 5) is 2.38. The Morgan fingerprint density at radius 3 is 2.60 bits per heavy atom. The number of likely N-dealkylation sites (N-methyl/N-ethyl adjacent to an activating group) is 1. The molecule has 1 rings (SSSR count). The van der Waals surface area contributed by atoms with E-state index in [2.05, 4.69) is 52.9 Å². The van der Waals surface area contributed by atoms with Gasteiger partial charge in [-0.25, -0.2) is 0 Å². The maximum Gasteiger partial charge on any atom is 0.0331 e. The molecule has 0 amide bonds. The Kier molecular flexibility index (Phi) is 5.29. The fourth-order valence-electron chi connectivity index (χ4n) is 1.80. The lowest BCUT2D eigenvalue weighted by molar-refractivity contribution is 0.228. The predicted octanol–water partition coefficient (Wildman–Crippen LogP) is 2.79. The molecule has 1 unspecified atom stereocenters. The van der Waals surface area contributed by atoms with Gasteiger partial charge in [0.05, 0.1) is 0 Å². The molecule has 84 valence electrons. The summed E-state index contributed by atoms with van der Waals surface area (Å²) in [5, 5.41) is 0. The van der Waals surface area contributed by atoms with Gasteiger partial charge in [-0.3, -0.25) is 4.90 Å². The number of hydrogen-bond donors (Lipinski definition) is 1. The van der Waals surface area contributed by atoms with Crippen molar-refractivity contribution in [2.45, 2.75) is 19.9 Å². The van der Waals surface area contributed by atoms with E-state index in [0.717, 1.165) is 13.1 Å². The second kappa shape index (κ2) is 6.26. The van der Waals surface area contributed by atoms with Crippen molar-refractivity contribution in [2.24, 2.45) is 5.73 Å². The minimum Gasteiger partial charge on any atom is -0.329 e. The molecule has 0 bridgehead atoms. The Morgan fingerprint density at radius 1 is 1.40 bits per heavy atom. The molecule has 0 fully saturated rings. The summed E-state index contributed by atoms with van der Waals surface area (Å²) < 4.78 is 1.17. The third kappa shape index (κ3) is 3.30. The van der Waals surface area contributed by atoms with Crippen molar-refractivity contribution in [3.05, 3.63) is 34.3 Å². The first kappa shape index (κ1) is 12.7. The number of benzene rings is 1. The van der Waals surface area contributed by atoms with Crippen molar-refractivity contribution < 1.29 is 0 Å². The Morgan fingerprint density at radius 2 is 2.07 bits per heavy atom. The van der Waals surface area contributed by atoms with Crippen LogP contribution in [0.25, 0.3) is 0 Å². The van der Waals surface area contributed by atoms with Crippen LogP contribution in [0.2, 0.25) is 0 Å². The van der Waals surface area contributed by atoms with E-state index in [-0.39, 0.29) is 0 Å². The third-order valence-corrected chi connectivity index (χ3v) is 3.45. The van der Waals surface area contributed by atoms with Crippen LogP contribution in [0.1, 0.15) is 25.5 Å². The Bertz CT molecular complexity index is 301. The molecule has 0 aliphatic rings. The summed E-state index contributed by atoms with van der Waals surface area (Å²) in [7, 11) is 0. The zero-order valence-electron chi connectivity index (χ0n) is 9.41. The highest BCUT2D eigenvalue weighted by Gasteiger charge is 2.14. The standard InChI is InChI=1S/C12H19BrN2/c1-3-15(9-8-14)10(2)11-6-4-5-7-12(11)13/h4-7,10H,3,8-9,14H2,1-2H3. The first-order valence-corrected chi connectivity index (χ1v) is 6.18. The Labute approximate surface area is 101 Å². The molecule has 3 heteroatoms. The van der Waals surface area contributed by atoms with Crippen molar-refractivity contribution in [1.82, 2.24) is 4.90 Å². The molecule has 1 atom stereocenters. The largest absolute Gasteiger partial charge is 0.329 e. The molecule has 0 saturated heterocycles. The smallest absolute Gasteiger partial charge is 0.0331 e. The van der Waals surface area contributed by atoms with Crippen molar-refractivity contribution in [1.29, 1.82) is 0 Å². The van der Waals surface area contributed by atoms with Crippen molar-refractivity contribution in [3.63, 3.8) is 0 Å². The van der Waals surface area contributed by atoms with Crippen LogP contribution in [-0.2, 0) is 0 Å². The molecule has 0 spiro atoms. The van der Waals surface area contributed by atoms with Crippen LogP contribution in [0, 0.1) is 0 Å². The van der Waals surface area contributed by atoms with E-state index in [1.807, 2.05) is 6.07 Å². The molecular formula is C12H19BrN2. The van der Waals surface area contributed by atoms with Gasteiger partial charge < -0.3 is 5.73 Å². The van der Waals surface area contributed by atoms with Gasteiger partial charge in [-0.05, 0) is 25.1 Å². The summed E-state index contributed by atoms with van der Waals surface area (Å²) in [5.74, 6) is 0. The summed E-state index contributed by atoms with van der Waals surface area (Å²) in [6.45, 7) is 7.07. The fraction of sp³-hybridized carbons (Fsp3) is 0.500. The lowest BCUT2D eigenvalue weighted by Gasteiger charge is -2.28. The Balaban J connectivity index is 2.82. The summed E-state index contributed by atoms with van der Waals surface area (Å²) in [5.41, 5.74) is 6.93. The SMILES string of the molecule is CCN(CCN)C(C)c1ccccc1Br. The van der Waals surface area contributed by atoms with E-state index in [4.69, 9.17) is 5.73 Å². The molecule has 0 aromatic heterocycles. The van der Waals surface area contributed by atoms with Crippen LogP contribution in [0.5, 0.6) is 0 Å². The summed E-state index contributed by atoms with van der Waals surface area (Å²) in [6.07, 6.45) is 0. The highest BCUT2D eigenvalue weighted by Crippen LogP contribution is 2.26. The predicted molar refractivity (Wildman–Crippen MR) is 68.9 cm³/mol. The van der Waals surface area contributed by atoms with E-state index in [1.165, 1.54) is 10.0 Å². The van der Waals surface area contributed by atoms with Crippen LogP contribution in [-0.4, -0.2) is 24.5 Å². The maximum atomic E-state index is 5.61. The van der Waals surface area contributed by atoms with Gasteiger partial charge in [0.1, 0.15) is 0 Å². The van der Waals surface area contributed by atoms with Crippen LogP contribution >= 0.6 is 15.9 Å². The number of hydrogen-bond acceptors (Lipinski definition) is 2. The van der Waals surface area contributed by atoms with Gasteiger partial charge in [-0.2, -0.15) is 0 Å². The minimum atomic E-state index is 0.411. The van der Waals surface area contributed by atoms with Gasteiger partial charge in [-0.15, -0.1) is 0 Å². The maximum absolute atomic E-state index is 5.61. The monoisotopic (exact) mass is 270 g/mol. The minimum absolute atomic E-state index is 0.411. The lowest BCUT2D eigenvalue weighted by Crippen LogP contribution is -2.32. The zero-order chi connectivity index (χ0) is 11.3. The molecule has 1 aromatic rings. The molecular weight excluding hydrogens is 252 g/mol. The molecule has 0 saturated carbocycles. The van der Waals surface area contributed by atoms with Gasteiger partial charge in [0, 0.05) is 23.6 Å². The second-order valence-corrected chi connectivity index (χ2v) is 4.47.